The van der Waals surface area contributed by atoms with Crippen molar-refractivity contribution >= 4 is 16.8 Å². The summed E-state index contributed by atoms with van der Waals surface area (Å²) in [6, 6.07) is 6.18. The van der Waals surface area contributed by atoms with Gasteiger partial charge in [-0.2, -0.15) is 5.10 Å². The Bertz CT molecular complexity index is 590. The van der Waals surface area contributed by atoms with Gasteiger partial charge in [0.05, 0.1) is 17.3 Å². The van der Waals surface area contributed by atoms with Crippen LogP contribution in [0.25, 0.3) is 10.9 Å². The molecule has 4 heteroatoms. The molecule has 0 bridgehead atoms. The molecule has 1 unspecified atom stereocenters. The molecule has 0 spiro atoms. The highest BCUT2D eigenvalue weighted by Crippen LogP contribution is 2.24. The zero-order valence-corrected chi connectivity index (χ0v) is 11.2. The van der Waals surface area contributed by atoms with Crippen molar-refractivity contribution in [1.82, 2.24) is 15.1 Å². The van der Waals surface area contributed by atoms with Crippen molar-refractivity contribution in [2.75, 3.05) is 6.54 Å². The van der Waals surface area contributed by atoms with Gasteiger partial charge in [0, 0.05) is 18.0 Å². The minimum Gasteiger partial charge on any atom is -0.336 e. The third-order valence-electron chi connectivity index (χ3n) is 4.07. The second-order valence-corrected chi connectivity index (χ2v) is 5.20. The van der Waals surface area contributed by atoms with Gasteiger partial charge in [0.2, 0.25) is 0 Å². The van der Waals surface area contributed by atoms with Crippen LogP contribution in [-0.4, -0.2) is 33.6 Å². The zero-order valence-electron chi connectivity index (χ0n) is 11.2. The number of H-pyrrole nitrogens is 1. The van der Waals surface area contributed by atoms with E-state index in [9.17, 15) is 4.79 Å². The van der Waals surface area contributed by atoms with Crippen LogP contribution in [0, 0.1) is 0 Å². The Morgan fingerprint density at radius 1 is 1.47 bits per heavy atom. The number of carbonyl (C=O) groups excluding carboxylic acids is 1. The van der Waals surface area contributed by atoms with Gasteiger partial charge in [-0.3, -0.25) is 9.89 Å². The summed E-state index contributed by atoms with van der Waals surface area (Å²) in [6.07, 6.45) is 6.27. The van der Waals surface area contributed by atoms with Crippen molar-refractivity contribution in [3.63, 3.8) is 0 Å². The van der Waals surface area contributed by atoms with Crippen LogP contribution in [0.5, 0.6) is 0 Å². The van der Waals surface area contributed by atoms with Crippen LogP contribution in [0.3, 0.4) is 0 Å². The molecule has 1 aliphatic heterocycles. The number of hydrogen-bond acceptors (Lipinski definition) is 2. The summed E-state index contributed by atoms with van der Waals surface area (Å²) in [5.41, 5.74) is 1.60. The van der Waals surface area contributed by atoms with Crippen LogP contribution >= 0.6 is 0 Å². The molecule has 1 aliphatic rings. The van der Waals surface area contributed by atoms with E-state index in [1.807, 2.05) is 23.1 Å². The Balaban J connectivity index is 1.96. The number of aromatic nitrogens is 2. The van der Waals surface area contributed by atoms with Gasteiger partial charge in [0.15, 0.2) is 0 Å². The van der Waals surface area contributed by atoms with Gasteiger partial charge < -0.3 is 4.90 Å². The summed E-state index contributed by atoms with van der Waals surface area (Å²) in [6.45, 7) is 3.04. The molecule has 1 amide bonds. The number of carbonyl (C=O) groups is 1. The minimum atomic E-state index is 0.140. The van der Waals surface area contributed by atoms with E-state index in [1.54, 1.807) is 6.20 Å². The molecule has 1 N–H and O–H groups in total. The fraction of sp³-hybridized carbons (Fsp3) is 0.467. The fourth-order valence-corrected chi connectivity index (χ4v) is 2.99. The number of fused-ring (bicyclic) bond motifs is 1. The van der Waals surface area contributed by atoms with Gasteiger partial charge in [0.1, 0.15) is 0 Å². The Hall–Kier alpha value is -1.84. The maximum absolute atomic E-state index is 12.8. The van der Waals surface area contributed by atoms with E-state index in [4.69, 9.17) is 0 Å². The Morgan fingerprint density at radius 3 is 3.21 bits per heavy atom. The molecule has 1 aromatic carbocycles. The number of likely N-dealkylation sites (tertiary alicyclic amines) is 1. The first-order valence-corrected chi connectivity index (χ1v) is 7.04. The van der Waals surface area contributed by atoms with E-state index in [-0.39, 0.29) is 5.91 Å². The number of benzene rings is 1. The Morgan fingerprint density at radius 2 is 2.37 bits per heavy atom. The molecule has 1 fully saturated rings. The first-order valence-electron chi connectivity index (χ1n) is 7.04. The maximum Gasteiger partial charge on any atom is 0.256 e. The summed E-state index contributed by atoms with van der Waals surface area (Å²) in [4.78, 5) is 14.8. The number of piperidine rings is 1. The number of rotatable bonds is 2. The average molecular weight is 257 g/mol. The maximum atomic E-state index is 12.8. The van der Waals surface area contributed by atoms with E-state index < -0.39 is 0 Å². The van der Waals surface area contributed by atoms with Crippen molar-refractivity contribution in [3.8, 4) is 0 Å². The van der Waals surface area contributed by atoms with E-state index >= 15 is 0 Å². The second kappa shape index (κ2) is 5.03. The Kier molecular flexibility index (Phi) is 3.23. The van der Waals surface area contributed by atoms with E-state index in [0.29, 0.717) is 6.04 Å². The lowest BCUT2D eigenvalue weighted by Gasteiger charge is -2.35. The van der Waals surface area contributed by atoms with Gasteiger partial charge in [-0.1, -0.05) is 19.1 Å². The normalized spacial score (nSPS) is 19.8. The predicted molar refractivity (Wildman–Crippen MR) is 75.1 cm³/mol. The van der Waals surface area contributed by atoms with Gasteiger partial charge in [-0.25, -0.2) is 0 Å². The van der Waals surface area contributed by atoms with Crippen LogP contribution in [0.1, 0.15) is 43.0 Å². The Labute approximate surface area is 112 Å². The van der Waals surface area contributed by atoms with Crippen LogP contribution in [0.4, 0.5) is 0 Å². The molecular formula is C15H19N3O. The first kappa shape index (κ1) is 12.2. The number of amides is 1. The lowest BCUT2D eigenvalue weighted by atomic mass is 9.98. The van der Waals surface area contributed by atoms with Crippen molar-refractivity contribution in [2.45, 2.75) is 38.6 Å². The smallest absolute Gasteiger partial charge is 0.256 e. The third kappa shape index (κ3) is 2.11. The molecule has 1 saturated heterocycles. The highest BCUT2D eigenvalue weighted by Gasteiger charge is 2.27. The second-order valence-electron chi connectivity index (χ2n) is 5.20. The molecule has 3 rings (SSSR count). The lowest BCUT2D eigenvalue weighted by Crippen LogP contribution is -2.43. The molecule has 1 aromatic heterocycles. The molecule has 0 aliphatic carbocycles. The average Bonchev–Trinajstić information content (AvgIpc) is 2.94. The topological polar surface area (TPSA) is 49.0 Å². The number of aromatic amines is 1. The number of nitrogens with one attached hydrogen (secondary N) is 1. The highest BCUT2D eigenvalue weighted by atomic mass is 16.2. The SMILES string of the molecule is CCC1CCCCN1C(=O)c1cccc2cn[nH]c12. The molecule has 100 valence electrons. The first-order chi connectivity index (χ1) is 9.31. The molecule has 19 heavy (non-hydrogen) atoms. The molecule has 0 saturated carbocycles. The monoisotopic (exact) mass is 257 g/mol. The molecular weight excluding hydrogens is 238 g/mol. The number of hydrogen-bond donors (Lipinski definition) is 1. The molecule has 2 heterocycles. The standard InChI is InChI=1S/C15H19N3O/c1-2-12-7-3-4-9-18(12)15(19)13-8-5-6-11-10-16-17-14(11)13/h5-6,8,10,12H,2-4,7,9H2,1H3,(H,16,17). The summed E-state index contributed by atoms with van der Waals surface area (Å²) in [5.74, 6) is 0.140. The van der Waals surface area contributed by atoms with Crippen LogP contribution < -0.4 is 0 Å². The molecule has 4 nitrogen and oxygen atoms in total. The third-order valence-corrected chi connectivity index (χ3v) is 4.07. The van der Waals surface area contributed by atoms with Crippen molar-refractivity contribution in [2.24, 2.45) is 0 Å². The van der Waals surface area contributed by atoms with E-state index in [2.05, 4.69) is 17.1 Å². The fourth-order valence-electron chi connectivity index (χ4n) is 2.99. The van der Waals surface area contributed by atoms with Crippen LogP contribution in [0.2, 0.25) is 0 Å². The zero-order chi connectivity index (χ0) is 13.2. The van der Waals surface area contributed by atoms with Crippen LogP contribution in [-0.2, 0) is 0 Å². The largest absolute Gasteiger partial charge is 0.336 e. The molecule has 1 atom stereocenters. The molecule has 0 radical (unpaired) electrons. The number of nitrogens with zero attached hydrogens (tertiary/aromatic N) is 2. The summed E-state index contributed by atoms with van der Waals surface area (Å²) < 4.78 is 0. The lowest BCUT2D eigenvalue weighted by molar-refractivity contribution is 0.0610. The summed E-state index contributed by atoms with van der Waals surface area (Å²) >= 11 is 0. The van der Waals surface area contributed by atoms with Gasteiger partial charge in [-0.15, -0.1) is 0 Å². The highest BCUT2D eigenvalue weighted by molar-refractivity contribution is 6.05. The quantitative estimate of drug-likeness (QED) is 0.899. The van der Waals surface area contributed by atoms with Crippen LogP contribution in [0.15, 0.2) is 24.4 Å². The van der Waals surface area contributed by atoms with Gasteiger partial charge in [-0.05, 0) is 31.7 Å². The van der Waals surface area contributed by atoms with Gasteiger partial charge >= 0.3 is 0 Å². The summed E-state index contributed by atoms with van der Waals surface area (Å²) in [7, 11) is 0. The van der Waals surface area contributed by atoms with Gasteiger partial charge in [0.25, 0.3) is 5.91 Å². The number of para-hydroxylation sites is 1. The van der Waals surface area contributed by atoms with Crippen molar-refractivity contribution in [1.29, 1.82) is 0 Å². The van der Waals surface area contributed by atoms with Crippen molar-refractivity contribution in [3.05, 3.63) is 30.0 Å². The minimum absolute atomic E-state index is 0.140. The summed E-state index contributed by atoms with van der Waals surface area (Å²) in [5, 5.41) is 7.97. The predicted octanol–water partition coefficient (Wildman–Crippen LogP) is 2.97. The van der Waals surface area contributed by atoms with Crippen molar-refractivity contribution < 1.29 is 4.79 Å². The van der Waals surface area contributed by atoms with E-state index in [1.165, 1.54) is 6.42 Å². The molecule has 2 aromatic rings. The van der Waals surface area contributed by atoms with E-state index in [0.717, 1.165) is 42.3 Å².